The zero-order chi connectivity index (χ0) is 15.2. The number of benzene rings is 1. The maximum atomic E-state index is 12.3. The molecular formula is C16H21NO4. The Kier molecular flexibility index (Phi) is 5.33. The first-order valence-corrected chi connectivity index (χ1v) is 7.20. The van der Waals surface area contributed by atoms with Gasteiger partial charge in [-0.25, -0.2) is 4.79 Å². The maximum absolute atomic E-state index is 12.3. The monoisotopic (exact) mass is 291 g/mol. The second kappa shape index (κ2) is 7.22. The van der Waals surface area contributed by atoms with Gasteiger partial charge in [-0.05, 0) is 36.8 Å². The standard InChI is InChI=1S/C16H21NO4/c1-21-8-4-7-14(16(19)20)17-15(18)13-9-11-5-2-3-6-12(11)10-13/h2-3,5-6,13-14H,4,7-10H2,1H3,(H,17,18)(H,19,20). The molecule has 0 bridgehead atoms. The molecule has 0 aliphatic heterocycles. The van der Waals surface area contributed by atoms with Crippen LogP contribution in [0.15, 0.2) is 24.3 Å². The summed E-state index contributed by atoms with van der Waals surface area (Å²) in [5.41, 5.74) is 2.37. The van der Waals surface area contributed by atoms with E-state index in [0.29, 0.717) is 32.3 Å². The van der Waals surface area contributed by atoms with Crippen molar-refractivity contribution in [2.45, 2.75) is 31.7 Å². The number of carboxylic acid groups (broad SMARTS) is 1. The highest BCUT2D eigenvalue weighted by molar-refractivity contribution is 5.85. The van der Waals surface area contributed by atoms with E-state index < -0.39 is 12.0 Å². The van der Waals surface area contributed by atoms with Crippen LogP contribution >= 0.6 is 0 Å². The second-order valence-electron chi connectivity index (χ2n) is 5.41. The first-order valence-electron chi connectivity index (χ1n) is 7.20. The van der Waals surface area contributed by atoms with Crippen molar-refractivity contribution in [3.8, 4) is 0 Å². The van der Waals surface area contributed by atoms with Crippen LogP contribution in [0.2, 0.25) is 0 Å². The van der Waals surface area contributed by atoms with Crippen molar-refractivity contribution in [1.82, 2.24) is 5.32 Å². The highest BCUT2D eigenvalue weighted by Crippen LogP contribution is 2.26. The van der Waals surface area contributed by atoms with Gasteiger partial charge < -0.3 is 15.2 Å². The largest absolute Gasteiger partial charge is 0.480 e. The van der Waals surface area contributed by atoms with Gasteiger partial charge in [0.15, 0.2) is 0 Å². The van der Waals surface area contributed by atoms with Gasteiger partial charge in [0.1, 0.15) is 6.04 Å². The predicted octanol–water partition coefficient (Wildman–Crippen LogP) is 1.40. The zero-order valence-electron chi connectivity index (χ0n) is 12.2. The average molecular weight is 291 g/mol. The number of carboxylic acids is 1. The van der Waals surface area contributed by atoms with Crippen LogP contribution in [0.3, 0.4) is 0 Å². The molecular weight excluding hydrogens is 270 g/mol. The highest BCUT2D eigenvalue weighted by atomic mass is 16.5. The number of nitrogens with one attached hydrogen (secondary N) is 1. The molecule has 114 valence electrons. The van der Waals surface area contributed by atoms with Crippen LogP contribution in [-0.2, 0) is 27.2 Å². The SMILES string of the molecule is COCCCC(NC(=O)C1Cc2ccccc2C1)C(=O)O. The Morgan fingerprint density at radius 3 is 2.48 bits per heavy atom. The second-order valence-corrected chi connectivity index (χ2v) is 5.41. The van der Waals surface area contributed by atoms with Gasteiger partial charge in [-0.1, -0.05) is 24.3 Å². The smallest absolute Gasteiger partial charge is 0.326 e. The van der Waals surface area contributed by atoms with Gasteiger partial charge >= 0.3 is 5.97 Å². The molecule has 1 unspecified atom stereocenters. The number of hydrogen-bond acceptors (Lipinski definition) is 3. The molecule has 1 amide bonds. The molecule has 21 heavy (non-hydrogen) atoms. The minimum Gasteiger partial charge on any atom is -0.480 e. The lowest BCUT2D eigenvalue weighted by atomic mass is 10.0. The van der Waals surface area contributed by atoms with E-state index in [1.165, 1.54) is 11.1 Å². The first-order chi connectivity index (χ1) is 10.1. The number of fused-ring (bicyclic) bond motifs is 1. The summed E-state index contributed by atoms with van der Waals surface area (Å²) >= 11 is 0. The van der Waals surface area contributed by atoms with E-state index in [0.717, 1.165) is 0 Å². The molecule has 0 spiro atoms. The Morgan fingerprint density at radius 1 is 1.33 bits per heavy atom. The molecule has 1 aliphatic rings. The summed E-state index contributed by atoms with van der Waals surface area (Å²) in [5, 5.41) is 11.8. The quantitative estimate of drug-likeness (QED) is 0.745. The van der Waals surface area contributed by atoms with Crippen LogP contribution < -0.4 is 5.32 Å². The third kappa shape index (κ3) is 4.04. The maximum Gasteiger partial charge on any atom is 0.326 e. The van der Waals surface area contributed by atoms with Crippen LogP contribution in [-0.4, -0.2) is 36.7 Å². The van der Waals surface area contributed by atoms with Crippen LogP contribution in [0.1, 0.15) is 24.0 Å². The zero-order valence-corrected chi connectivity index (χ0v) is 12.2. The number of hydrogen-bond donors (Lipinski definition) is 2. The fraction of sp³-hybridized carbons (Fsp3) is 0.500. The Labute approximate surface area is 124 Å². The minimum absolute atomic E-state index is 0.160. The van der Waals surface area contributed by atoms with E-state index in [1.807, 2.05) is 24.3 Å². The number of ether oxygens (including phenoxy) is 1. The van der Waals surface area contributed by atoms with Crippen LogP contribution in [0, 0.1) is 5.92 Å². The molecule has 0 saturated carbocycles. The van der Waals surface area contributed by atoms with Crippen LogP contribution in [0.5, 0.6) is 0 Å². The Balaban J connectivity index is 1.90. The summed E-state index contributed by atoms with van der Waals surface area (Å²) in [6.45, 7) is 0.495. The number of carbonyl (C=O) groups is 2. The summed E-state index contributed by atoms with van der Waals surface area (Å²) in [4.78, 5) is 23.5. The summed E-state index contributed by atoms with van der Waals surface area (Å²) < 4.78 is 4.91. The van der Waals surface area contributed by atoms with Gasteiger partial charge in [0.05, 0.1) is 0 Å². The Morgan fingerprint density at radius 2 is 1.95 bits per heavy atom. The van der Waals surface area contributed by atoms with E-state index in [4.69, 9.17) is 4.74 Å². The summed E-state index contributed by atoms with van der Waals surface area (Å²) in [5.74, 6) is -1.32. The molecule has 1 atom stereocenters. The van der Waals surface area contributed by atoms with Gasteiger partial charge in [-0.2, -0.15) is 0 Å². The van der Waals surface area contributed by atoms with Crippen molar-refractivity contribution in [2.24, 2.45) is 5.92 Å². The lowest BCUT2D eigenvalue weighted by molar-refractivity contribution is -0.142. The molecule has 2 rings (SSSR count). The number of methoxy groups -OCH3 is 1. The van der Waals surface area contributed by atoms with Crippen molar-refractivity contribution in [3.05, 3.63) is 35.4 Å². The topological polar surface area (TPSA) is 75.6 Å². The van der Waals surface area contributed by atoms with Crippen LogP contribution in [0.25, 0.3) is 0 Å². The van der Waals surface area contributed by atoms with Crippen molar-refractivity contribution in [1.29, 1.82) is 0 Å². The van der Waals surface area contributed by atoms with Gasteiger partial charge in [0.2, 0.25) is 5.91 Å². The molecule has 5 heteroatoms. The normalized spacial score (nSPS) is 15.5. The van der Waals surface area contributed by atoms with Gasteiger partial charge in [-0.15, -0.1) is 0 Å². The predicted molar refractivity (Wildman–Crippen MR) is 78.0 cm³/mol. The third-order valence-electron chi connectivity index (χ3n) is 3.88. The van der Waals surface area contributed by atoms with Gasteiger partial charge in [0.25, 0.3) is 0 Å². The fourth-order valence-corrected chi connectivity index (χ4v) is 2.72. The van der Waals surface area contributed by atoms with Crippen molar-refractivity contribution >= 4 is 11.9 Å². The molecule has 0 fully saturated rings. The minimum atomic E-state index is -0.991. The number of rotatable bonds is 7. The van der Waals surface area contributed by atoms with Crippen molar-refractivity contribution in [2.75, 3.05) is 13.7 Å². The molecule has 0 saturated heterocycles. The van der Waals surface area contributed by atoms with E-state index in [2.05, 4.69) is 5.32 Å². The molecule has 1 aromatic rings. The first kappa shape index (κ1) is 15.5. The fourth-order valence-electron chi connectivity index (χ4n) is 2.72. The summed E-state index contributed by atoms with van der Waals surface area (Å²) in [6.07, 6.45) is 2.37. The summed E-state index contributed by atoms with van der Waals surface area (Å²) in [6, 6.07) is 7.14. The number of aliphatic carboxylic acids is 1. The Hall–Kier alpha value is -1.88. The summed E-state index contributed by atoms with van der Waals surface area (Å²) in [7, 11) is 1.57. The molecule has 2 N–H and O–H groups in total. The molecule has 5 nitrogen and oxygen atoms in total. The molecule has 1 aromatic carbocycles. The van der Waals surface area contributed by atoms with Crippen molar-refractivity contribution in [3.63, 3.8) is 0 Å². The van der Waals surface area contributed by atoms with Gasteiger partial charge in [-0.3, -0.25) is 4.79 Å². The van der Waals surface area contributed by atoms with E-state index in [-0.39, 0.29) is 11.8 Å². The van der Waals surface area contributed by atoms with E-state index in [9.17, 15) is 14.7 Å². The third-order valence-corrected chi connectivity index (χ3v) is 3.88. The number of carbonyl (C=O) groups excluding carboxylic acids is 1. The lowest BCUT2D eigenvalue weighted by Crippen LogP contribution is -2.44. The van der Waals surface area contributed by atoms with E-state index >= 15 is 0 Å². The molecule has 0 heterocycles. The molecule has 1 aliphatic carbocycles. The van der Waals surface area contributed by atoms with Gasteiger partial charge in [0, 0.05) is 19.6 Å². The van der Waals surface area contributed by atoms with E-state index in [1.54, 1.807) is 7.11 Å². The molecule has 0 radical (unpaired) electrons. The molecule has 0 aromatic heterocycles. The van der Waals surface area contributed by atoms with Crippen molar-refractivity contribution < 1.29 is 19.4 Å². The van der Waals surface area contributed by atoms with Crippen LogP contribution in [0.4, 0.5) is 0 Å². The Bertz CT molecular complexity index is 490. The highest BCUT2D eigenvalue weighted by Gasteiger charge is 2.29. The lowest BCUT2D eigenvalue weighted by Gasteiger charge is -2.17. The number of amides is 1. The average Bonchev–Trinajstić information content (AvgIpc) is 2.90.